The van der Waals surface area contributed by atoms with Crippen LogP contribution in [0, 0.1) is 0 Å². The van der Waals surface area contributed by atoms with Gasteiger partial charge in [0.05, 0.1) is 17.6 Å². The molecular formula is C16H11NO4S2. The number of hydrogen-bond donors (Lipinski definition) is 1. The van der Waals surface area contributed by atoms with Crippen molar-refractivity contribution in [3.8, 4) is 11.3 Å². The lowest BCUT2D eigenvalue weighted by molar-refractivity contribution is -0.115. The average Bonchev–Trinajstić information content (AvgIpc) is 3.13. The summed E-state index contributed by atoms with van der Waals surface area (Å²) >= 11 is 6.12. The van der Waals surface area contributed by atoms with Crippen molar-refractivity contribution in [3.63, 3.8) is 0 Å². The molecule has 5 nitrogen and oxygen atoms in total. The van der Waals surface area contributed by atoms with E-state index in [2.05, 4.69) is 5.32 Å². The average molecular weight is 345 g/mol. The van der Waals surface area contributed by atoms with Gasteiger partial charge in [0.15, 0.2) is 0 Å². The maximum Gasteiger partial charge on any atom is 0.338 e. The van der Waals surface area contributed by atoms with Crippen LogP contribution in [-0.2, 0) is 9.53 Å². The van der Waals surface area contributed by atoms with E-state index in [9.17, 15) is 9.59 Å². The van der Waals surface area contributed by atoms with Crippen LogP contribution >= 0.6 is 24.0 Å². The van der Waals surface area contributed by atoms with Gasteiger partial charge in [0.1, 0.15) is 15.8 Å². The van der Waals surface area contributed by atoms with E-state index < -0.39 is 5.97 Å². The zero-order valence-electron chi connectivity index (χ0n) is 12.0. The van der Waals surface area contributed by atoms with Crippen molar-refractivity contribution >= 4 is 46.3 Å². The van der Waals surface area contributed by atoms with Gasteiger partial charge in [-0.15, -0.1) is 0 Å². The summed E-state index contributed by atoms with van der Waals surface area (Å²) in [6.07, 6.45) is 1.61. The highest BCUT2D eigenvalue weighted by Crippen LogP contribution is 2.30. The smallest absolute Gasteiger partial charge is 0.338 e. The van der Waals surface area contributed by atoms with E-state index in [1.807, 2.05) is 0 Å². The molecule has 23 heavy (non-hydrogen) atoms. The first-order chi connectivity index (χ1) is 11.1. The number of carbonyl (C=O) groups is 2. The van der Waals surface area contributed by atoms with Gasteiger partial charge in [0.2, 0.25) is 0 Å². The topological polar surface area (TPSA) is 68.5 Å². The molecule has 0 unspecified atom stereocenters. The van der Waals surface area contributed by atoms with Gasteiger partial charge >= 0.3 is 5.97 Å². The first-order valence-electron chi connectivity index (χ1n) is 6.61. The minimum Gasteiger partial charge on any atom is -0.465 e. The van der Waals surface area contributed by atoms with Crippen LogP contribution < -0.4 is 5.32 Å². The molecule has 2 heterocycles. The molecule has 0 aliphatic carbocycles. The second kappa shape index (κ2) is 6.39. The molecule has 3 rings (SSSR count). The molecule has 116 valence electrons. The number of ether oxygens (including phenoxy) is 1. The van der Waals surface area contributed by atoms with Crippen molar-refractivity contribution in [3.05, 3.63) is 52.6 Å². The summed E-state index contributed by atoms with van der Waals surface area (Å²) in [7, 11) is 1.33. The first-order valence-corrected chi connectivity index (χ1v) is 7.83. The number of rotatable bonds is 3. The second-order valence-corrected chi connectivity index (χ2v) is 6.31. The molecular weight excluding hydrogens is 334 g/mol. The van der Waals surface area contributed by atoms with Gasteiger partial charge in [-0.3, -0.25) is 4.79 Å². The summed E-state index contributed by atoms with van der Waals surface area (Å²) < 4.78 is 10.9. The zero-order valence-corrected chi connectivity index (χ0v) is 13.6. The third-order valence-corrected chi connectivity index (χ3v) is 4.30. The molecule has 0 saturated carbocycles. The molecule has 1 aromatic carbocycles. The van der Waals surface area contributed by atoms with E-state index >= 15 is 0 Å². The summed E-state index contributed by atoms with van der Waals surface area (Å²) in [6, 6.07) is 10.5. The van der Waals surface area contributed by atoms with Crippen molar-refractivity contribution in [2.75, 3.05) is 7.11 Å². The molecule has 7 heteroatoms. The van der Waals surface area contributed by atoms with E-state index in [1.165, 1.54) is 18.9 Å². The number of carbonyl (C=O) groups excluding carboxylic acids is 2. The highest BCUT2D eigenvalue weighted by Gasteiger charge is 2.23. The first kappa shape index (κ1) is 15.5. The highest BCUT2D eigenvalue weighted by atomic mass is 32.2. The standard InChI is InChI=1S/C16H11NO4S2/c1-20-15(19)11-5-3-2-4-10(11)12-7-6-9(21-12)8-13-14(18)17-16(22)23-13/h2-8H,1H3,(H,17,18,22)/b13-8+. The zero-order chi connectivity index (χ0) is 16.4. The number of hydrogen-bond acceptors (Lipinski definition) is 6. The van der Waals surface area contributed by atoms with Crippen molar-refractivity contribution in [1.29, 1.82) is 0 Å². The van der Waals surface area contributed by atoms with Gasteiger partial charge in [-0.05, 0) is 18.2 Å². The predicted molar refractivity (Wildman–Crippen MR) is 91.8 cm³/mol. The molecule has 1 saturated heterocycles. The molecule has 0 bridgehead atoms. The monoisotopic (exact) mass is 345 g/mol. The number of esters is 1. The molecule has 1 aliphatic heterocycles. The number of benzene rings is 1. The number of amides is 1. The molecule has 1 aromatic heterocycles. The fourth-order valence-corrected chi connectivity index (χ4v) is 3.14. The van der Waals surface area contributed by atoms with Crippen LogP contribution in [0.25, 0.3) is 17.4 Å². The van der Waals surface area contributed by atoms with Crippen LogP contribution in [0.3, 0.4) is 0 Å². The number of nitrogens with one attached hydrogen (secondary N) is 1. The Labute approximate surface area is 141 Å². The number of thioether (sulfide) groups is 1. The lowest BCUT2D eigenvalue weighted by Gasteiger charge is -2.04. The summed E-state index contributed by atoms with van der Waals surface area (Å²) in [5.41, 5.74) is 1.04. The Kier molecular flexibility index (Phi) is 4.31. The Morgan fingerprint density at radius 2 is 2.09 bits per heavy atom. The Bertz CT molecular complexity index is 838. The molecule has 1 fully saturated rings. The van der Waals surface area contributed by atoms with Gasteiger partial charge < -0.3 is 14.5 Å². The van der Waals surface area contributed by atoms with Crippen molar-refractivity contribution < 1.29 is 18.7 Å². The van der Waals surface area contributed by atoms with Crippen LogP contribution in [-0.4, -0.2) is 23.3 Å². The minimum atomic E-state index is -0.437. The number of methoxy groups -OCH3 is 1. The van der Waals surface area contributed by atoms with E-state index in [-0.39, 0.29) is 5.91 Å². The molecule has 2 aromatic rings. The third kappa shape index (κ3) is 3.20. The quantitative estimate of drug-likeness (QED) is 0.523. The summed E-state index contributed by atoms with van der Waals surface area (Å²) in [6.45, 7) is 0. The normalized spacial score (nSPS) is 15.8. The van der Waals surface area contributed by atoms with Gasteiger partial charge in [0, 0.05) is 11.6 Å². The SMILES string of the molecule is COC(=O)c1ccccc1-c1ccc(/C=C2/SC(=S)NC2=O)o1. The molecule has 1 amide bonds. The van der Waals surface area contributed by atoms with Crippen LogP contribution in [0.5, 0.6) is 0 Å². The fourth-order valence-electron chi connectivity index (χ4n) is 2.11. The number of thiocarbonyl (C=S) groups is 1. The van der Waals surface area contributed by atoms with Crippen LogP contribution in [0.15, 0.2) is 45.7 Å². The summed E-state index contributed by atoms with van der Waals surface area (Å²) in [5.74, 6) is 0.340. The second-order valence-electron chi connectivity index (χ2n) is 4.59. The summed E-state index contributed by atoms with van der Waals surface area (Å²) in [4.78, 5) is 24.0. The van der Waals surface area contributed by atoms with Crippen molar-refractivity contribution in [2.45, 2.75) is 0 Å². The van der Waals surface area contributed by atoms with Gasteiger partial charge in [-0.1, -0.05) is 42.2 Å². The van der Waals surface area contributed by atoms with Gasteiger partial charge in [-0.25, -0.2) is 4.79 Å². The highest BCUT2D eigenvalue weighted by molar-refractivity contribution is 8.26. The minimum absolute atomic E-state index is 0.243. The van der Waals surface area contributed by atoms with E-state index in [0.717, 1.165) is 0 Å². The van der Waals surface area contributed by atoms with Gasteiger partial charge in [0.25, 0.3) is 5.91 Å². The molecule has 0 atom stereocenters. The van der Waals surface area contributed by atoms with Crippen molar-refractivity contribution in [1.82, 2.24) is 5.32 Å². The van der Waals surface area contributed by atoms with Crippen molar-refractivity contribution in [2.24, 2.45) is 0 Å². The Hall–Kier alpha value is -2.38. The Balaban J connectivity index is 1.95. The number of furan rings is 1. The lowest BCUT2D eigenvalue weighted by atomic mass is 10.1. The van der Waals surface area contributed by atoms with Crippen LogP contribution in [0.1, 0.15) is 16.1 Å². The van der Waals surface area contributed by atoms with Crippen LogP contribution in [0.4, 0.5) is 0 Å². The lowest BCUT2D eigenvalue weighted by Crippen LogP contribution is -2.17. The van der Waals surface area contributed by atoms with E-state index in [1.54, 1.807) is 42.5 Å². The summed E-state index contributed by atoms with van der Waals surface area (Å²) in [5, 5.41) is 2.54. The molecule has 1 aliphatic rings. The molecule has 0 spiro atoms. The molecule has 1 N–H and O–H groups in total. The van der Waals surface area contributed by atoms with E-state index in [4.69, 9.17) is 21.4 Å². The predicted octanol–water partition coefficient (Wildman–Crippen LogP) is 3.22. The van der Waals surface area contributed by atoms with Crippen LogP contribution in [0.2, 0.25) is 0 Å². The largest absolute Gasteiger partial charge is 0.465 e. The Morgan fingerprint density at radius 3 is 2.78 bits per heavy atom. The fraction of sp³-hybridized carbons (Fsp3) is 0.0625. The van der Waals surface area contributed by atoms with Gasteiger partial charge in [-0.2, -0.15) is 0 Å². The van der Waals surface area contributed by atoms with E-state index in [0.29, 0.717) is 31.9 Å². The Morgan fingerprint density at radius 1 is 1.30 bits per heavy atom. The molecule has 0 radical (unpaired) electrons. The maximum absolute atomic E-state index is 11.8. The maximum atomic E-state index is 11.8. The third-order valence-electron chi connectivity index (χ3n) is 3.14.